The maximum absolute atomic E-state index is 2.18. The van der Waals surface area contributed by atoms with Crippen molar-refractivity contribution >= 4 is 11.8 Å². The lowest BCUT2D eigenvalue weighted by molar-refractivity contribution is 1.11. The van der Waals surface area contributed by atoms with Crippen molar-refractivity contribution in [2.75, 3.05) is 5.75 Å². The van der Waals surface area contributed by atoms with Gasteiger partial charge in [-0.3, -0.25) is 0 Å². The molecule has 53 valence electrons. The van der Waals surface area contributed by atoms with E-state index < -0.39 is 0 Å². The van der Waals surface area contributed by atoms with Gasteiger partial charge in [-0.2, -0.15) is 11.8 Å². The van der Waals surface area contributed by atoms with Crippen LogP contribution in [-0.2, 0) is 0 Å². The topological polar surface area (TPSA) is 0 Å². The third-order valence-corrected chi connectivity index (χ3v) is 2.05. The standard InChI is InChI=1S/C8H15S/c1-4-8(3)6-7-9-5-2/h4-5H,6-7H2,1-3H3/b8-4+. The van der Waals surface area contributed by atoms with Crippen molar-refractivity contribution in [3.63, 3.8) is 0 Å². The van der Waals surface area contributed by atoms with Crippen LogP contribution in [0.3, 0.4) is 0 Å². The van der Waals surface area contributed by atoms with Crippen molar-refractivity contribution in [1.29, 1.82) is 0 Å². The summed E-state index contributed by atoms with van der Waals surface area (Å²) in [6.07, 6.45) is 3.40. The second-order valence-corrected chi connectivity index (χ2v) is 3.20. The molecule has 0 aromatic rings. The molecule has 1 radical (unpaired) electrons. The first-order chi connectivity index (χ1) is 4.31. The van der Waals surface area contributed by atoms with Crippen molar-refractivity contribution in [3.8, 4) is 0 Å². The van der Waals surface area contributed by atoms with Crippen LogP contribution in [0.15, 0.2) is 11.6 Å². The molecule has 0 bridgehead atoms. The van der Waals surface area contributed by atoms with Crippen LogP contribution in [-0.4, -0.2) is 5.75 Å². The summed E-state index contributed by atoms with van der Waals surface area (Å²) in [6.45, 7) is 6.35. The number of allylic oxidation sites excluding steroid dienone is 2. The highest BCUT2D eigenvalue weighted by atomic mass is 32.2. The van der Waals surface area contributed by atoms with Gasteiger partial charge in [0.25, 0.3) is 0 Å². The zero-order valence-electron chi connectivity index (χ0n) is 6.48. The Morgan fingerprint density at radius 1 is 1.44 bits per heavy atom. The van der Waals surface area contributed by atoms with Crippen molar-refractivity contribution in [2.24, 2.45) is 0 Å². The van der Waals surface area contributed by atoms with Crippen molar-refractivity contribution in [2.45, 2.75) is 27.2 Å². The van der Waals surface area contributed by atoms with Gasteiger partial charge in [0, 0.05) is 5.75 Å². The van der Waals surface area contributed by atoms with Crippen LogP contribution in [0.5, 0.6) is 0 Å². The molecule has 0 N–H and O–H groups in total. The molecule has 1 heteroatoms. The quantitative estimate of drug-likeness (QED) is 0.430. The van der Waals surface area contributed by atoms with E-state index in [1.807, 2.05) is 11.8 Å². The Hall–Kier alpha value is 0.0900. The summed E-state index contributed by atoms with van der Waals surface area (Å²) in [5, 5.41) is 0. The van der Waals surface area contributed by atoms with Gasteiger partial charge in [-0.05, 0) is 26.0 Å². The van der Waals surface area contributed by atoms with E-state index in [0.717, 1.165) is 0 Å². The van der Waals surface area contributed by atoms with Crippen LogP contribution in [0, 0.1) is 5.75 Å². The lowest BCUT2D eigenvalue weighted by Crippen LogP contribution is -1.79. The minimum absolute atomic E-state index is 1.23. The summed E-state index contributed by atoms with van der Waals surface area (Å²) in [5.41, 5.74) is 1.49. The van der Waals surface area contributed by atoms with Crippen LogP contribution in [0.4, 0.5) is 0 Å². The summed E-state index contributed by atoms with van der Waals surface area (Å²) in [4.78, 5) is 0. The Labute approximate surface area is 62.7 Å². The molecular formula is C8H15S. The molecule has 9 heavy (non-hydrogen) atoms. The molecule has 0 unspecified atom stereocenters. The summed E-state index contributed by atoms with van der Waals surface area (Å²) in [6, 6.07) is 0. The summed E-state index contributed by atoms with van der Waals surface area (Å²) in [7, 11) is 0. The molecule has 0 fully saturated rings. The molecule has 0 spiro atoms. The van der Waals surface area contributed by atoms with Gasteiger partial charge in [-0.25, -0.2) is 0 Å². The van der Waals surface area contributed by atoms with Gasteiger partial charge < -0.3 is 0 Å². The van der Waals surface area contributed by atoms with E-state index in [4.69, 9.17) is 0 Å². The van der Waals surface area contributed by atoms with E-state index in [2.05, 4.69) is 32.6 Å². The Bertz CT molecular complexity index is 84.6. The van der Waals surface area contributed by atoms with Crippen molar-refractivity contribution in [1.82, 2.24) is 0 Å². The molecule has 0 aromatic carbocycles. The van der Waals surface area contributed by atoms with Gasteiger partial charge in [-0.15, -0.1) is 0 Å². The Balaban J connectivity index is 3.07. The average Bonchev–Trinajstić information content (AvgIpc) is 1.89. The van der Waals surface area contributed by atoms with Gasteiger partial charge in [0.1, 0.15) is 0 Å². The fourth-order valence-electron chi connectivity index (χ4n) is 0.482. The predicted octanol–water partition coefficient (Wildman–Crippen LogP) is 3.26. The van der Waals surface area contributed by atoms with Gasteiger partial charge in [-0.1, -0.05) is 18.6 Å². The first-order valence-corrected chi connectivity index (χ1v) is 4.37. The van der Waals surface area contributed by atoms with Crippen molar-refractivity contribution in [3.05, 3.63) is 17.4 Å². The minimum Gasteiger partial charge on any atom is -0.157 e. The maximum Gasteiger partial charge on any atom is 0.0135 e. The van der Waals surface area contributed by atoms with E-state index in [1.165, 1.54) is 17.7 Å². The third-order valence-electron chi connectivity index (χ3n) is 1.27. The molecule has 0 saturated heterocycles. The zero-order chi connectivity index (χ0) is 7.11. The number of thioether (sulfide) groups is 1. The number of rotatable bonds is 4. The zero-order valence-corrected chi connectivity index (χ0v) is 7.29. The molecule has 0 nitrogen and oxygen atoms in total. The molecule has 0 amide bonds. The fraction of sp³-hybridized carbons (Fsp3) is 0.625. The molecule has 0 aromatic heterocycles. The minimum atomic E-state index is 1.23. The molecular weight excluding hydrogens is 128 g/mol. The normalized spacial score (nSPS) is 12.1. The molecule has 0 heterocycles. The lowest BCUT2D eigenvalue weighted by atomic mass is 10.2. The molecule has 0 aliphatic heterocycles. The van der Waals surface area contributed by atoms with Crippen LogP contribution < -0.4 is 0 Å². The highest BCUT2D eigenvalue weighted by Gasteiger charge is 1.86. The summed E-state index contributed by atoms with van der Waals surface area (Å²) >= 11 is 1.89. The van der Waals surface area contributed by atoms with Crippen LogP contribution >= 0.6 is 11.8 Å². The van der Waals surface area contributed by atoms with Crippen molar-refractivity contribution < 1.29 is 0 Å². The Kier molecular flexibility index (Phi) is 6.28. The van der Waals surface area contributed by atoms with Crippen LogP contribution in [0.2, 0.25) is 0 Å². The first kappa shape index (κ1) is 9.09. The number of hydrogen-bond acceptors (Lipinski definition) is 1. The van der Waals surface area contributed by atoms with E-state index in [0.29, 0.717) is 0 Å². The molecule has 0 aliphatic rings. The predicted molar refractivity (Wildman–Crippen MR) is 46.5 cm³/mol. The number of hydrogen-bond donors (Lipinski definition) is 0. The summed E-state index contributed by atoms with van der Waals surface area (Å²) < 4.78 is 0. The molecule has 0 atom stereocenters. The van der Waals surface area contributed by atoms with Gasteiger partial charge in [0.05, 0.1) is 0 Å². The average molecular weight is 143 g/mol. The van der Waals surface area contributed by atoms with E-state index in [1.54, 1.807) is 0 Å². The van der Waals surface area contributed by atoms with Gasteiger partial charge in [0.2, 0.25) is 0 Å². The SMILES string of the molecule is C[CH]SCC/C(C)=C/C. The highest BCUT2D eigenvalue weighted by molar-refractivity contribution is 8.01. The highest BCUT2D eigenvalue weighted by Crippen LogP contribution is 2.09. The molecule has 0 aliphatic carbocycles. The largest absolute Gasteiger partial charge is 0.157 e. The first-order valence-electron chi connectivity index (χ1n) is 3.32. The fourth-order valence-corrected chi connectivity index (χ4v) is 1.16. The Morgan fingerprint density at radius 2 is 2.11 bits per heavy atom. The van der Waals surface area contributed by atoms with Gasteiger partial charge in [0.15, 0.2) is 0 Å². The van der Waals surface area contributed by atoms with Crippen LogP contribution in [0.25, 0.3) is 0 Å². The van der Waals surface area contributed by atoms with E-state index in [-0.39, 0.29) is 0 Å². The van der Waals surface area contributed by atoms with Gasteiger partial charge >= 0.3 is 0 Å². The second kappa shape index (κ2) is 6.21. The lowest BCUT2D eigenvalue weighted by Gasteiger charge is -1.96. The van der Waals surface area contributed by atoms with E-state index >= 15 is 0 Å². The third kappa shape index (κ3) is 5.97. The monoisotopic (exact) mass is 143 g/mol. The molecule has 0 rings (SSSR count). The summed E-state index contributed by atoms with van der Waals surface area (Å²) in [5.74, 6) is 3.37. The smallest absolute Gasteiger partial charge is 0.0135 e. The Morgan fingerprint density at radius 3 is 2.56 bits per heavy atom. The second-order valence-electron chi connectivity index (χ2n) is 1.99. The van der Waals surface area contributed by atoms with E-state index in [9.17, 15) is 0 Å². The van der Waals surface area contributed by atoms with Crippen LogP contribution in [0.1, 0.15) is 27.2 Å². The maximum atomic E-state index is 2.18. The molecule has 0 saturated carbocycles.